The van der Waals surface area contributed by atoms with Crippen LogP contribution in [0, 0.1) is 0 Å². The zero-order chi connectivity index (χ0) is 11.3. The van der Waals surface area contributed by atoms with Crippen molar-refractivity contribution in [3.63, 3.8) is 0 Å². The molecule has 1 aromatic heterocycles. The van der Waals surface area contributed by atoms with E-state index in [0.29, 0.717) is 11.6 Å². The van der Waals surface area contributed by atoms with Gasteiger partial charge in [0.1, 0.15) is 6.33 Å². The number of ether oxygens (including phenoxy) is 1. The highest BCUT2D eigenvalue weighted by Crippen LogP contribution is 2.19. The van der Waals surface area contributed by atoms with E-state index in [9.17, 15) is 4.79 Å². The summed E-state index contributed by atoms with van der Waals surface area (Å²) in [5.41, 5.74) is 0. The van der Waals surface area contributed by atoms with Gasteiger partial charge in [0, 0.05) is 6.04 Å². The summed E-state index contributed by atoms with van der Waals surface area (Å²) in [6.45, 7) is 1.76. The van der Waals surface area contributed by atoms with Crippen molar-refractivity contribution in [2.75, 3.05) is 12.4 Å². The van der Waals surface area contributed by atoms with E-state index < -0.39 is 5.97 Å². The Morgan fingerprint density at radius 3 is 3.07 bits per heavy atom. The Morgan fingerprint density at radius 2 is 2.47 bits per heavy atom. The number of hydrogen-bond acceptors (Lipinski definition) is 5. The minimum absolute atomic E-state index is 0.0210. The lowest BCUT2D eigenvalue weighted by atomic mass is 10.2. The van der Waals surface area contributed by atoms with Gasteiger partial charge in [-0.1, -0.05) is 0 Å². The van der Waals surface area contributed by atoms with E-state index in [4.69, 9.17) is 9.84 Å². The fraction of sp³-hybridized carbons (Fsp3) is 0.444. The molecule has 0 aliphatic rings. The summed E-state index contributed by atoms with van der Waals surface area (Å²) in [5, 5.41) is 11.5. The lowest BCUT2D eigenvalue weighted by molar-refractivity contribution is -0.137. The van der Waals surface area contributed by atoms with Gasteiger partial charge in [0.2, 0.25) is 0 Å². The smallest absolute Gasteiger partial charge is 0.305 e. The number of hydrogen-bond donors (Lipinski definition) is 2. The first-order valence-electron chi connectivity index (χ1n) is 4.45. The molecule has 0 aliphatic heterocycles. The molecule has 0 saturated heterocycles. The highest BCUT2D eigenvalue weighted by atomic mass is 16.5. The zero-order valence-electron chi connectivity index (χ0n) is 8.60. The van der Waals surface area contributed by atoms with Gasteiger partial charge in [-0.05, 0) is 6.92 Å². The molecule has 1 unspecified atom stereocenters. The first-order chi connectivity index (χ1) is 7.13. The minimum Gasteiger partial charge on any atom is -0.491 e. The van der Waals surface area contributed by atoms with Gasteiger partial charge >= 0.3 is 5.97 Å². The van der Waals surface area contributed by atoms with Crippen LogP contribution >= 0.6 is 0 Å². The molecule has 1 rings (SSSR count). The predicted octanol–water partition coefficient (Wildman–Crippen LogP) is 0.760. The number of rotatable bonds is 5. The standard InChI is InChI=1S/C9H13N3O3/c1-6(3-8(13)14)12-9-7(15-2)4-10-5-11-9/h4-6H,3H2,1-2H3,(H,13,14)(H,10,11,12). The summed E-state index contributed by atoms with van der Waals surface area (Å²) in [5.74, 6) is 0.138. The van der Waals surface area contributed by atoms with Crippen molar-refractivity contribution in [1.82, 2.24) is 9.97 Å². The average Bonchev–Trinajstić information content (AvgIpc) is 2.17. The van der Waals surface area contributed by atoms with Crippen LogP contribution in [0.3, 0.4) is 0 Å². The van der Waals surface area contributed by atoms with Crippen molar-refractivity contribution in [3.05, 3.63) is 12.5 Å². The minimum atomic E-state index is -0.858. The summed E-state index contributed by atoms with van der Waals surface area (Å²) < 4.78 is 5.02. The fourth-order valence-electron chi connectivity index (χ4n) is 1.12. The first kappa shape index (κ1) is 11.2. The zero-order valence-corrected chi connectivity index (χ0v) is 8.60. The van der Waals surface area contributed by atoms with Gasteiger partial charge in [-0.15, -0.1) is 0 Å². The summed E-state index contributed by atoms with van der Waals surface area (Å²) >= 11 is 0. The maximum atomic E-state index is 10.5. The lowest BCUT2D eigenvalue weighted by Crippen LogP contribution is -2.20. The van der Waals surface area contributed by atoms with Crippen LogP contribution in [0.2, 0.25) is 0 Å². The fourth-order valence-corrected chi connectivity index (χ4v) is 1.12. The molecule has 0 saturated carbocycles. The Bertz CT molecular complexity index is 343. The summed E-state index contributed by atoms with van der Waals surface area (Å²) in [4.78, 5) is 18.2. The topological polar surface area (TPSA) is 84.3 Å². The van der Waals surface area contributed by atoms with Crippen molar-refractivity contribution in [3.8, 4) is 5.75 Å². The molecule has 6 heteroatoms. The first-order valence-corrected chi connectivity index (χ1v) is 4.45. The molecule has 0 radical (unpaired) electrons. The predicted molar refractivity (Wildman–Crippen MR) is 53.9 cm³/mol. The molecular formula is C9H13N3O3. The Hall–Kier alpha value is -1.85. The van der Waals surface area contributed by atoms with Crippen molar-refractivity contribution >= 4 is 11.8 Å². The highest BCUT2D eigenvalue weighted by molar-refractivity contribution is 5.68. The Balaban J connectivity index is 2.67. The Kier molecular flexibility index (Phi) is 3.84. The van der Waals surface area contributed by atoms with Crippen LogP contribution in [0.5, 0.6) is 5.75 Å². The van der Waals surface area contributed by atoms with E-state index in [0.717, 1.165) is 0 Å². The van der Waals surface area contributed by atoms with E-state index in [1.165, 1.54) is 19.6 Å². The van der Waals surface area contributed by atoms with Crippen LogP contribution in [0.25, 0.3) is 0 Å². The second-order valence-electron chi connectivity index (χ2n) is 3.08. The van der Waals surface area contributed by atoms with Gasteiger partial charge in [-0.3, -0.25) is 4.79 Å². The normalized spacial score (nSPS) is 11.9. The molecule has 15 heavy (non-hydrogen) atoms. The molecule has 0 fully saturated rings. The summed E-state index contributed by atoms with van der Waals surface area (Å²) in [7, 11) is 1.51. The Morgan fingerprint density at radius 1 is 1.73 bits per heavy atom. The van der Waals surface area contributed by atoms with Gasteiger partial charge in [0.15, 0.2) is 11.6 Å². The molecule has 1 heterocycles. The Labute approximate surface area is 87.3 Å². The number of nitrogens with one attached hydrogen (secondary N) is 1. The van der Waals surface area contributed by atoms with Gasteiger partial charge in [0.25, 0.3) is 0 Å². The molecule has 6 nitrogen and oxygen atoms in total. The molecule has 2 N–H and O–H groups in total. The third-order valence-corrected chi connectivity index (χ3v) is 1.76. The van der Waals surface area contributed by atoms with Gasteiger partial charge < -0.3 is 15.2 Å². The molecule has 0 aromatic carbocycles. The van der Waals surface area contributed by atoms with Crippen LogP contribution in [0.1, 0.15) is 13.3 Å². The quantitative estimate of drug-likeness (QED) is 0.748. The van der Waals surface area contributed by atoms with Crippen molar-refractivity contribution < 1.29 is 14.6 Å². The van der Waals surface area contributed by atoms with E-state index in [1.807, 2.05) is 0 Å². The molecule has 82 valence electrons. The van der Waals surface area contributed by atoms with Gasteiger partial charge in [-0.2, -0.15) is 0 Å². The molecule has 0 bridgehead atoms. The highest BCUT2D eigenvalue weighted by Gasteiger charge is 2.10. The third-order valence-electron chi connectivity index (χ3n) is 1.76. The number of anilines is 1. The second-order valence-corrected chi connectivity index (χ2v) is 3.08. The monoisotopic (exact) mass is 211 g/mol. The van der Waals surface area contributed by atoms with Crippen LogP contribution in [0.15, 0.2) is 12.5 Å². The molecule has 0 spiro atoms. The lowest BCUT2D eigenvalue weighted by Gasteiger charge is -2.13. The van der Waals surface area contributed by atoms with E-state index >= 15 is 0 Å². The van der Waals surface area contributed by atoms with E-state index in [1.54, 1.807) is 6.92 Å². The SMILES string of the molecule is COc1cncnc1NC(C)CC(=O)O. The van der Waals surface area contributed by atoms with Crippen LogP contribution < -0.4 is 10.1 Å². The number of carboxylic acids is 1. The number of carboxylic acid groups (broad SMARTS) is 1. The van der Waals surface area contributed by atoms with Crippen LogP contribution in [-0.4, -0.2) is 34.2 Å². The third kappa shape index (κ3) is 3.41. The molecule has 1 atom stereocenters. The summed E-state index contributed by atoms with van der Waals surface area (Å²) in [6.07, 6.45) is 2.91. The second kappa shape index (κ2) is 5.14. The van der Waals surface area contributed by atoms with Crippen LogP contribution in [0.4, 0.5) is 5.82 Å². The average molecular weight is 211 g/mol. The van der Waals surface area contributed by atoms with E-state index in [2.05, 4.69) is 15.3 Å². The summed E-state index contributed by atoms with van der Waals surface area (Å²) in [6, 6.07) is -0.216. The maximum absolute atomic E-state index is 10.5. The number of carbonyl (C=O) groups is 1. The van der Waals surface area contributed by atoms with Gasteiger partial charge in [0.05, 0.1) is 19.7 Å². The molecule has 0 aliphatic carbocycles. The number of methoxy groups -OCH3 is 1. The molecular weight excluding hydrogens is 198 g/mol. The number of nitrogens with zero attached hydrogens (tertiary/aromatic N) is 2. The van der Waals surface area contributed by atoms with E-state index in [-0.39, 0.29) is 12.5 Å². The molecule has 0 amide bonds. The van der Waals surface area contributed by atoms with Crippen molar-refractivity contribution in [1.29, 1.82) is 0 Å². The van der Waals surface area contributed by atoms with Crippen LogP contribution in [-0.2, 0) is 4.79 Å². The molecule has 1 aromatic rings. The van der Waals surface area contributed by atoms with Gasteiger partial charge in [-0.25, -0.2) is 9.97 Å². The number of aromatic nitrogens is 2. The van der Waals surface area contributed by atoms with Crippen molar-refractivity contribution in [2.24, 2.45) is 0 Å². The number of aliphatic carboxylic acids is 1. The largest absolute Gasteiger partial charge is 0.491 e. The maximum Gasteiger partial charge on any atom is 0.305 e. The van der Waals surface area contributed by atoms with Crippen molar-refractivity contribution in [2.45, 2.75) is 19.4 Å².